The molecule has 0 spiro atoms. The molecule has 1 saturated heterocycles. The first-order valence-corrected chi connectivity index (χ1v) is 10.7. The molecule has 3 unspecified atom stereocenters. The van der Waals surface area contributed by atoms with Crippen molar-refractivity contribution in [1.82, 2.24) is 14.8 Å². The second-order valence-corrected chi connectivity index (χ2v) is 8.42. The predicted molar refractivity (Wildman–Crippen MR) is 108 cm³/mol. The van der Waals surface area contributed by atoms with Gasteiger partial charge in [-0.1, -0.05) is 0 Å². The summed E-state index contributed by atoms with van der Waals surface area (Å²) in [4.78, 5) is 19.1. The van der Waals surface area contributed by atoms with Gasteiger partial charge in [0, 0.05) is 30.6 Å². The second-order valence-electron chi connectivity index (χ2n) is 7.56. The maximum atomic E-state index is 12.3. The van der Waals surface area contributed by atoms with Crippen LogP contribution in [0.5, 0.6) is 0 Å². The Morgan fingerprint density at radius 1 is 1.26 bits per heavy atom. The highest BCUT2D eigenvalue weighted by Crippen LogP contribution is 2.29. The molecule has 2 aromatic rings. The molecule has 0 aromatic carbocycles. The third-order valence-electron chi connectivity index (χ3n) is 5.60. The Morgan fingerprint density at radius 3 is 2.89 bits per heavy atom. The van der Waals surface area contributed by atoms with Crippen molar-refractivity contribution < 1.29 is 5.11 Å². The number of rotatable bonds is 5. The first-order valence-electron chi connectivity index (χ1n) is 9.82. The van der Waals surface area contributed by atoms with Gasteiger partial charge in [-0.3, -0.25) is 4.79 Å². The molecule has 2 N–H and O–H groups in total. The average Bonchev–Trinajstić information content (AvgIpc) is 3.29. The maximum Gasteiger partial charge on any atom is 0.267 e. The van der Waals surface area contributed by atoms with E-state index in [2.05, 4.69) is 20.3 Å². The third kappa shape index (κ3) is 4.01. The summed E-state index contributed by atoms with van der Waals surface area (Å²) in [6, 6.07) is 3.54. The molecular formula is C19H27N5O2S. The van der Waals surface area contributed by atoms with E-state index in [1.807, 2.05) is 18.4 Å². The highest BCUT2D eigenvalue weighted by molar-refractivity contribution is 7.13. The Labute approximate surface area is 163 Å². The normalized spacial score (nSPS) is 25.7. The number of nitrogens with zero attached hydrogens (tertiary/aromatic N) is 4. The topological polar surface area (TPSA) is 83.3 Å². The molecule has 1 aliphatic heterocycles. The molecule has 3 heterocycles. The minimum absolute atomic E-state index is 0.130. The van der Waals surface area contributed by atoms with Gasteiger partial charge in [-0.25, -0.2) is 9.67 Å². The van der Waals surface area contributed by atoms with E-state index in [1.54, 1.807) is 17.4 Å². The van der Waals surface area contributed by atoms with E-state index < -0.39 is 6.10 Å². The fourth-order valence-corrected chi connectivity index (χ4v) is 4.87. The van der Waals surface area contributed by atoms with Crippen LogP contribution in [0.2, 0.25) is 0 Å². The van der Waals surface area contributed by atoms with Crippen LogP contribution in [-0.4, -0.2) is 45.1 Å². The van der Waals surface area contributed by atoms with Crippen LogP contribution in [0.4, 0.5) is 10.9 Å². The highest BCUT2D eigenvalue weighted by atomic mass is 32.1. The quantitative estimate of drug-likeness (QED) is 0.818. The van der Waals surface area contributed by atoms with Crippen LogP contribution in [-0.2, 0) is 0 Å². The van der Waals surface area contributed by atoms with Crippen molar-refractivity contribution in [2.24, 2.45) is 0 Å². The lowest BCUT2D eigenvalue weighted by molar-refractivity contribution is 0.127. The van der Waals surface area contributed by atoms with Gasteiger partial charge in [0.15, 0.2) is 5.13 Å². The van der Waals surface area contributed by atoms with Crippen LogP contribution in [0, 0.1) is 6.92 Å². The standard InChI is InChI=1S/C19H27N5O2S/c1-13-12-27-19(21-13)20-11-14-5-2-3-10-23(14)17-8-9-18(26)24(22-17)15-6-4-7-16(15)25/h8-9,12,14-16,25H,2-7,10-11H2,1H3,(H,20,21). The summed E-state index contributed by atoms with van der Waals surface area (Å²) in [7, 11) is 0. The lowest BCUT2D eigenvalue weighted by atomic mass is 10.0. The number of aromatic nitrogens is 3. The fourth-order valence-electron chi connectivity index (χ4n) is 4.17. The van der Waals surface area contributed by atoms with Crippen LogP contribution in [0.15, 0.2) is 22.3 Å². The number of piperidine rings is 1. The average molecular weight is 390 g/mol. The first-order chi connectivity index (χ1) is 13.1. The van der Waals surface area contributed by atoms with Crippen molar-refractivity contribution in [3.63, 3.8) is 0 Å². The monoisotopic (exact) mass is 389 g/mol. The summed E-state index contributed by atoms with van der Waals surface area (Å²) in [5.41, 5.74) is 0.904. The minimum atomic E-state index is -0.475. The van der Waals surface area contributed by atoms with Crippen molar-refractivity contribution in [2.75, 3.05) is 23.3 Å². The zero-order chi connectivity index (χ0) is 18.8. The molecule has 2 aliphatic rings. The number of aryl methyl sites for hydroxylation is 1. The molecule has 1 saturated carbocycles. The summed E-state index contributed by atoms with van der Waals surface area (Å²) in [5.74, 6) is 0.829. The molecule has 0 bridgehead atoms. The van der Waals surface area contributed by atoms with Crippen molar-refractivity contribution >= 4 is 22.3 Å². The molecule has 8 heteroatoms. The lowest BCUT2D eigenvalue weighted by Gasteiger charge is -2.37. The zero-order valence-corrected chi connectivity index (χ0v) is 16.5. The van der Waals surface area contributed by atoms with Crippen molar-refractivity contribution in [2.45, 2.75) is 63.6 Å². The summed E-state index contributed by atoms with van der Waals surface area (Å²) in [6.07, 6.45) is 5.42. The molecule has 27 heavy (non-hydrogen) atoms. The van der Waals surface area contributed by atoms with E-state index in [0.717, 1.165) is 61.8 Å². The Bertz CT molecular complexity index is 836. The van der Waals surface area contributed by atoms with Crippen LogP contribution >= 0.6 is 11.3 Å². The molecule has 2 fully saturated rings. The van der Waals surface area contributed by atoms with Crippen molar-refractivity contribution in [3.8, 4) is 0 Å². The molecule has 7 nitrogen and oxygen atoms in total. The predicted octanol–water partition coefficient (Wildman–Crippen LogP) is 2.57. The highest BCUT2D eigenvalue weighted by Gasteiger charge is 2.30. The number of thiazole rings is 1. The Hall–Kier alpha value is -1.93. The molecule has 4 rings (SSSR count). The Morgan fingerprint density at radius 2 is 2.15 bits per heavy atom. The summed E-state index contributed by atoms with van der Waals surface area (Å²) in [6.45, 7) is 3.74. The van der Waals surface area contributed by atoms with Gasteiger partial charge in [-0.05, 0) is 51.5 Å². The number of hydrogen-bond acceptors (Lipinski definition) is 7. The number of aliphatic hydroxyl groups is 1. The van der Waals surface area contributed by atoms with Crippen LogP contribution in [0.1, 0.15) is 50.3 Å². The SMILES string of the molecule is Cc1csc(NCC2CCCCN2c2ccc(=O)n(C3CCCC3O)n2)n1. The second kappa shape index (κ2) is 7.98. The van der Waals surface area contributed by atoms with Gasteiger partial charge in [-0.15, -0.1) is 11.3 Å². The van der Waals surface area contributed by atoms with Gasteiger partial charge in [-0.2, -0.15) is 5.10 Å². The summed E-state index contributed by atoms with van der Waals surface area (Å²) in [5, 5.41) is 21.3. The van der Waals surface area contributed by atoms with Gasteiger partial charge in [0.25, 0.3) is 5.56 Å². The summed E-state index contributed by atoms with van der Waals surface area (Å²) >= 11 is 1.63. The molecule has 1 aliphatic carbocycles. The van der Waals surface area contributed by atoms with E-state index >= 15 is 0 Å². The third-order valence-corrected chi connectivity index (χ3v) is 6.52. The minimum Gasteiger partial charge on any atom is -0.391 e. The number of hydrogen-bond donors (Lipinski definition) is 2. The lowest BCUT2D eigenvalue weighted by Crippen LogP contribution is -2.45. The van der Waals surface area contributed by atoms with Crippen LogP contribution in [0.3, 0.4) is 0 Å². The van der Waals surface area contributed by atoms with Gasteiger partial charge < -0.3 is 15.3 Å². The molecule has 0 amide bonds. The van der Waals surface area contributed by atoms with E-state index in [4.69, 9.17) is 0 Å². The number of anilines is 2. The number of nitrogens with one attached hydrogen (secondary N) is 1. The summed E-state index contributed by atoms with van der Waals surface area (Å²) < 4.78 is 1.51. The smallest absolute Gasteiger partial charge is 0.267 e. The van der Waals surface area contributed by atoms with E-state index in [1.165, 1.54) is 11.1 Å². The largest absolute Gasteiger partial charge is 0.391 e. The molecule has 3 atom stereocenters. The fraction of sp³-hybridized carbons (Fsp3) is 0.632. The van der Waals surface area contributed by atoms with Gasteiger partial charge in [0.1, 0.15) is 5.82 Å². The molecule has 146 valence electrons. The zero-order valence-electron chi connectivity index (χ0n) is 15.7. The Kier molecular flexibility index (Phi) is 5.45. The van der Waals surface area contributed by atoms with Gasteiger partial charge in [0.05, 0.1) is 17.8 Å². The maximum absolute atomic E-state index is 12.3. The number of aliphatic hydroxyl groups excluding tert-OH is 1. The molecule has 0 radical (unpaired) electrons. The van der Waals surface area contributed by atoms with E-state index in [0.29, 0.717) is 6.04 Å². The van der Waals surface area contributed by atoms with Crippen molar-refractivity contribution in [1.29, 1.82) is 0 Å². The van der Waals surface area contributed by atoms with Crippen LogP contribution < -0.4 is 15.8 Å². The van der Waals surface area contributed by atoms with Gasteiger partial charge >= 0.3 is 0 Å². The van der Waals surface area contributed by atoms with Gasteiger partial charge in [0.2, 0.25) is 0 Å². The van der Waals surface area contributed by atoms with Crippen LogP contribution in [0.25, 0.3) is 0 Å². The van der Waals surface area contributed by atoms with Crippen molar-refractivity contribution in [3.05, 3.63) is 33.6 Å². The van der Waals surface area contributed by atoms with E-state index in [9.17, 15) is 9.90 Å². The Balaban J connectivity index is 1.53. The first kappa shape index (κ1) is 18.4. The molecular weight excluding hydrogens is 362 g/mol. The molecule has 2 aromatic heterocycles. The van der Waals surface area contributed by atoms with E-state index in [-0.39, 0.29) is 11.6 Å².